The maximum atomic E-state index is 10.9. The van der Waals surface area contributed by atoms with Crippen molar-refractivity contribution in [3.05, 3.63) is 51.2 Å². The van der Waals surface area contributed by atoms with E-state index in [4.69, 9.17) is 17.3 Å². The number of pyridine rings is 1. The summed E-state index contributed by atoms with van der Waals surface area (Å²) >= 11 is 6.00. The number of nitrogens with zero attached hydrogens (tertiary/aromatic N) is 2. The number of aromatic nitrogens is 1. The summed E-state index contributed by atoms with van der Waals surface area (Å²) < 4.78 is 0. The molecule has 0 spiro atoms. The molecule has 0 aliphatic rings. The van der Waals surface area contributed by atoms with Gasteiger partial charge in [0.25, 0.3) is 0 Å². The number of nitrogen functional groups attached to an aromatic ring is 1. The van der Waals surface area contributed by atoms with Crippen molar-refractivity contribution in [1.29, 1.82) is 0 Å². The molecule has 7 heteroatoms. The number of aryl methyl sites for hydroxylation is 1. The summed E-state index contributed by atoms with van der Waals surface area (Å²) in [7, 11) is 0. The van der Waals surface area contributed by atoms with Gasteiger partial charge in [0.15, 0.2) is 0 Å². The van der Waals surface area contributed by atoms with E-state index in [0.717, 1.165) is 0 Å². The van der Waals surface area contributed by atoms with E-state index in [2.05, 4.69) is 10.3 Å². The first-order valence-corrected chi connectivity index (χ1v) is 5.79. The standard InChI is InChI=1S/C12H11ClN4O2/c1-7-2-5-11(17(18)19)12(15-7)16-10-6-8(14)3-4-9(10)13/h2-6H,14H2,1H3,(H,15,16). The van der Waals surface area contributed by atoms with E-state index in [9.17, 15) is 10.1 Å². The molecule has 0 atom stereocenters. The number of halogens is 1. The van der Waals surface area contributed by atoms with Crippen molar-refractivity contribution in [3.63, 3.8) is 0 Å². The summed E-state index contributed by atoms with van der Waals surface area (Å²) in [5.41, 5.74) is 7.17. The van der Waals surface area contributed by atoms with Gasteiger partial charge in [0.2, 0.25) is 5.82 Å². The maximum absolute atomic E-state index is 10.9. The molecule has 0 saturated carbocycles. The molecule has 0 saturated heterocycles. The summed E-state index contributed by atoms with van der Waals surface area (Å²) in [6, 6.07) is 7.82. The van der Waals surface area contributed by atoms with Crippen LogP contribution >= 0.6 is 11.6 Å². The lowest BCUT2D eigenvalue weighted by Crippen LogP contribution is -2.01. The number of nitro groups is 1. The van der Waals surface area contributed by atoms with Crippen LogP contribution in [0.5, 0.6) is 0 Å². The first kappa shape index (κ1) is 13.1. The van der Waals surface area contributed by atoms with Crippen molar-refractivity contribution >= 4 is 34.5 Å². The summed E-state index contributed by atoms with van der Waals surface area (Å²) in [4.78, 5) is 14.5. The first-order valence-electron chi connectivity index (χ1n) is 5.41. The summed E-state index contributed by atoms with van der Waals surface area (Å²) in [6.07, 6.45) is 0. The third-order valence-electron chi connectivity index (χ3n) is 2.45. The predicted octanol–water partition coefficient (Wildman–Crippen LogP) is 3.28. The average Bonchev–Trinajstić information content (AvgIpc) is 2.33. The van der Waals surface area contributed by atoms with Crippen LogP contribution in [-0.4, -0.2) is 9.91 Å². The van der Waals surface area contributed by atoms with E-state index in [-0.39, 0.29) is 11.5 Å². The van der Waals surface area contributed by atoms with Gasteiger partial charge in [0.1, 0.15) is 0 Å². The van der Waals surface area contributed by atoms with E-state index in [1.807, 2.05) is 0 Å². The van der Waals surface area contributed by atoms with Gasteiger partial charge >= 0.3 is 5.69 Å². The largest absolute Gasteiger partial charge is 0.399 e. The van der Waals surface area contributed by atoms with E-state index < -0.39 is 4.92 Å². The minimum Gasteiger partial charge on any atom is -0.399 e. The number of anilines is 3. The Labute approximate surface area is 114 Å². The molecule has 98 valence electrons. The van der Waals surface area contributed by atoms with E-state index in [1.54, 1.807) is 31.2 Å². The Hall–Kier alpha value is -2.34. The summed E-state index contributed by atoms with van der Waals surface area (Å²) in [5, 5.41) is 14.2. The van der Waals surface area contributed by atoms with Crippen LogP contribution in [0.4, 0.5) is 22.9 Å². The molecule has 0 amide bonds. The summed E-state index contributed by atoms with van der Waals surface area (Å²) in [5.74, 6) is 0.137. The van der Waals surface area contributed by atoms with E-state index in [0.29, 0.717) is 22.1 Å². The van der Waals surface area contributed by atoms with Crippen molar-refractivity contribution in [2.75, 3.05) is 11.1 Å². The highest BCUT2D eigenvalue weighted by molar-refractivity contribution is 6.33. The average molecular weight is 279 g/mol. The van der Waals surface area contributed by atoms with Crippen molar-refractivity contribution in [2.24, 2.45) is 0 Å². The Balaban J connectivity index is 2.45. The molecule has 0 aliphatic heterocycles. The predicted molar refractivity (Wildman–Crippen MR) is 74.8 cm³/mol. The van der Waals surface area contributed by atoms with Gasteiger partial charge in [-0.3, -0.25) is 10.1 Å². The van der Waals surface area contributed by atoms with Crippen molar-refractivity contribution in [1.82, 2.24) is 4.98 Å². The van der Waals surface area contributed by atoms with Crippen molar-refractivity contribution < 1.29 is 4.92 Å². The van der Waals surface area contributed by atoms with E-state index >= 15 is 0 Å². The maximum Gasteiger partial charge on any atom is 0.311 e. The van der Waals surface area contributed by atoms with Crippen LogP contribution in [0.1, 0.15) is 5.69 Å². The van der Waals surface area contributed by atoms with Gasteiger partial charge in [-0.1, -0.05) is 11.6 Å². The van der Waals surface area contributed by atoms with Gasteiger partial charge < -0.3 is 11.1 Å². The number of nitrogens with one attached hydrogen (secondary N) is 1. The second-order valence-corrected chi connectivity index (χ2v) is 4.35. The first-order chi connectivity index (χ1) is 8.97. The van der Waals surface area contributed by atoms with Gasteiger partial charge in [-0.2, -0.15) is 0 Å². The highest BCUT2D eigenvalue weighted by Gasteiger charge is 2.16. The Kier molecular flexibility index (Phi) is 3.52. The molecule has 1 aromatic heterocycles. The van der Waals surface area contributed by atoms with Gasteiger partial charge in [0.05, 0.1) is 15.6 Å². The van der Waals surface area contributed by atoms with Crippen LogP contribution in [0.2, 0.25) is 5.02 Å². The lowest BCUT2D eigenvalue weighted by Gasteiger charge is -2.09. The van der Waals surface area contributed by atoms with Crippen molar-refractivity contribution in [3.8, 4) is 0 Å². The number of benzene rings is 1. The molecular formula is C12H11ClN4O2. The van der Waals surface area contributed by atoms with Gasteiger partial charge in [0, 0.05) is 17.4 Å². The molecule has 1 heterocycles. The molecule has 2 rings (SSSR count). The van der Waals surface area contributed by atoms with Crippen molar-refractivity contribution in [2.45, 2.75) is 6.92 Å². The van der Waals surface area contributed by atoms with Crippen LogP contribution in [0.15, 0.2) is 30.3 Å². The zero-order chi connectivity index (χ0) is 14.0. The molecule has 19 heavy (non-hydrogen) atoms. The third kappa shape index (κ3) is 2.92. The smallest absolute Gasteiger partial charge is 0.311 e. The number of hydrogen-bond acceptors (Lipinski definition) is 5. The molecule has 0 radical (unpaired) electrons. The van der Waals surface area contributed by atoms with E-state index in [1.165, 1.54) is 6.07 Å². The second kappa shape index (κ2) is 5.11. The van der Waals surface area contributed by atoms with Gasteiger partial charge in [-0.05, 0) is 31.2 Å². The Bertz CT molecular complexity index is 646. The quantitative estimate of drug-likeness (QED) is 0.510. The monoisotopic (exact) mass is 278 g/mol. The van der Waals surface area contributed by atoms with Crippen LogP contribution in [0.3, 0.4) is 0 Å². The Morgan fingerprint density at radius 3 is 2.79 bits per heavy atom. The zero-order valence-electron chi connectivity index (χ0n) is 10.1. The SMILES string of the molecule is Cc1ccc([N+](=O)[O-])c(Nc2cc(N)ccc2Cl)n1. The zero-order valence-corrected chi connectivity index (χ0v) is 10.8. The molecular weight excluding hydrogens is 268 g/mol. The molecule has 0 unspecified atom stereocenters. The molecule has 1 aromatic carbocycles. The minimum absolute atomic E-state index is 0.121. The summed E-state index contributed by atoms with van der Waals surface area (Å²) in [6.45, 7) is 1.75. The van der Waals surface area contributed by atoms with Crippen LogP contribution in [0, 0.1) is 17.0 Å². The molecule has 3 N–H and O–H groups in total. The van der Waals surface area contributed by atoms with Gasteiger partial charge in [-0.25, -0.2) is 4.98 Å². The molecule has 0 aliphatic carbocycles. The minimum atomic E-state index is -0.505. The number of hydrogen-bond donors (Lipinski definition) is 2. The fourth-order valence-corrected chi connectivity index (χ4v) is 1.72. The fourth-order valence-electron chi connectivity index (χ4n) is 1.55. The molecule has 0 fully saturated rings. The highest BCUT2D eigenvalue weighted by Crippen LogP contribution is 2.30. The number of rotatable bonds is 3. The Morgan fingerprint density at radius 2 is 2.11 bits per heavy atom. The van der Waals surface area contributed by atoms with Crippen LogP contribution in [0.25, 0.3) is 0 Å². The highest BCUT2D eigenvalue weighted by atomic mass is 35.5. The van der Waals surface area contributed by atoms with Gasteiger partial charge in [-0.15, -0.1) is 0 Å². The normalized spacial score (nSPS) is 10.2. The van der Waals surface area contributed by atoms with Crippen LogP contribution in [-0.2, 0) is 0 Å². The lowest BCUT2D eigenvalue weighted by molar-refractivity contribution is -0.384. The second-order valence-electron chi connectivity index (χ2n) is 3.94. The van der Waals surface area contributed by atoms with Crippen LogP contribution < -0.4 is 11.1 Å². The topological polar surface area (TPSA) is 94.1 Å². The number of nitrogens with two attached hydrogens (primary N) is 1. The Morgan fingerprint density at radius 1 is 1.37 bits per heavy atom. The molecule has 2 aromatic rings. The fraction of sp³-hybridized carbons (Fsp3) is 0.0833. The molecule has 6 nitrogen and oxygen atoms in total. The lowest BCUT2D eigenvalue weighted by atomic mass is 10.2. The molecule has 0 bridgehead atoms. The third-order valence-corrected chi connectivity index (χ3v) is 2.78.